The number of hydrogen-bond donors (Lipinski definition) is 2. The molecule has 118 valence electrons. The van der Waals surface area contributed by atoms with E-state index >= 15 is 0 Å². The fraction of sp³-hybridized carbons (Fsp3) is 0.929. The van der Waals surface area contributed by atoms with Crippen molar-refractivity contribution < 1.29 is 13.6 Å². The Balaban J connectivity index is 1.31. The van der Waals surface area contributed by atoms with Crippen LogP contribution in [-0.2, 0) is 4.79 Å². The molecule has 1 aliphatic carbocycles. The topological polar surface area (TPSA) is 61.6 Å². The van der Waals surface area contributed by atoms with Crippen molar-refractivity contribution in [1.29, 1.82) is 0 Å². The molecule has 21 heavy (non-hydrogen) atoms. The van der Waals surface area contributed by atoms with Gasteiger partial charge in [-0.15, -0.1) is 0 Å². The number of amides is 1. The Morgan fingerprint density at radius 1 is 1.29 bits per heavy atom. The van der Waals surface area contributed by atoms with Crippen molar-refractivity contribution in [3.05, 3.63) is 0 Å². The van der Waals surface area contributed by atoms with E-state index in [0.717, 1.165) is 26.1 Å². The predicted octanol–water partition coefficient (Wildman–Crippen LogP) is -0.527. The third-order valence-corrected chi connectivity index (χ3v) is 5.69. The number of nitrogens with two attached hydrogens (primary N) is 1. The van der Waals surface area contributed by atoms with Gasteiger partial charge in [0.15, 0.2) is 0 Å². The quantitative estimate of drug-likeness (QED) is 0.720. The summed E-state index contributed by atoms with van der Waals surface area (Å²) in [6.07, 6.45) is 0.526. The van der Waals surface area contributed by atoms with Gasteiger partial charge in [0.25, 0.3) is 5.92 Å². The molecule has 0 spiro atoms. The van der Waals surface area contributed by atoms with Crippen molar-refractivity contribution in [3.63, 3.8) is 0 Å². The van der Waals surface area contributed by atoms with Crippen LogP contribution in [0.15, 0.2) is 0 Å². The zero-order chi connectivity index (χ0) is 14.8. The smallest absolute Gasteiger partial charge is 0.267 e. The molecule has 0 bridgehead atoms. The van der Waals surface area contributed by atoms with E-state index in [2.05, 4.69) is 10.2 Å². The second-order valence-corrected chi connectivity index (χ2v) is 7.08. The maximum Gasteiger partial charge on any atom is 0.267 e. The number of piperidine rings is 1. The van der Waals surface area contributed by atoms with Gasteiger partial charge in [0.1, 0.15) is 0 Å². The van der Waals surface area contributed by atoms with Crippen molar-refractivity contribution in [2.75, 3.05) is 32.7 Å². The fourth-order valence-electron chi connectivity index (χ4n) is 4.23. The highest BCUT2D eigenvalue weighted by Crippen LogP contribution is 2.45. The number of alkyl halides is 2. The molecule has 4 fully saturated rings. The molecule has 3 aliphatic heterocycles. The minimum atomic E-state index is -2.71. The third kappa shape index (κ3) is 2.35. The summed E-state index contributed by atoms with van der Waals surface area (Å²) in [6.45, 7) is 2.59. The molecule has 0 aromatic heterocycles. The first-order valence-electron chi connectivity index (χ1n) is 7.84. The number of carbonyl (C=O) groups is 1. The van der Waals surface area contributed by atoms with E-state index in [1.165, 1.54) is 4.90 Å². The van der Waals surface area contributed by atoms with Gasteiger partial charge in [0.2, 0.25) is 5.91 Å². The van der Waals surface area contributed by atoms with Gasteiger partial charge in [0, 0.05) is 44.7 Å². The molecule has 1 saturated carbocycles. The van der Waals surface area contributed by atoms with Gasteiger partial charge < -0.3 is 16.0 Å². The van der Waals surface area contributed by atoms with Gasteiger partial charge in [-0.05, 0) is 18.3 Å². The van der Waals surface area contributed by atoms with Gasteiger partial charge in [-0.2, -0.15) is 0 Å². The van der Waals surface area contributed by atoms with Crippen LogP contribution in [0.25, 0.3) is 0 Å². The third-order valence-electron chi connectivity index (χ3n) is 5.69. The van der Waals surface area contributed by atoms with E-state index in [4.69, 9.17) is 5.73 Å². The molecule has 0 unspecified atom stereocenters. The molecule has 4 aliphatic rings. The Bertz CT molecular complexity index is 448. The van der Waals surface area contributed by atoms with Gasteiger partial charge in [-0.25, -0.2) is 8.78 Å². The van der Waals surface area contributed by atoms with Crippen LogP contribution in [0.2, 0.25) is 0 Å². The first-order chi connectivity index (χ1) is 9.94. The molecule has 5 nitrogen and oxygen atoms in total. The van der Waals surface area contributed by atoms with Crippen molar-refractivity contribution in [2.45, 2.75) is 36.9 Å². The minimum Gasteiger partial charge on any atom is -0.335 e. The molecular formula is C14H22F2N4O. The largest absolute Gasteiger partial charge is 0.335 e. The highest BCUT2D eigenvalue weighted by atomic mass is 19.3. The number of fused-ring (bicyclic) bond motifs is 1. The Hall–Kier alpha value is -0.790. The van der Waals surface area contributed by atoms with E-state index in [1.54, 1.807) is 0 Å². The Labute approximate surface area is 122 Å². The number of nitrogens with one attached hydrogen (secondary N) is 1. The first kappa shape index (κ1) is 13.8. The minimum absolute atomic E-state index is 0.157. The van der Waals surface area contributed by atoms with Crippen LogP contribution in [0.3, 0.4) is 0 Å². The van der Waals surface area contributed by atoms with Crippen molar-refractivity contribution in [1.82, 2.24) is 15.1 Å². The van der Waals surface area contributed by atoms with Gasteiger partial charge >= 0.3 is 0 Å². The van der Waals surface area contributed by atoms with Gasteiger partial charge in [-0.1, -0.05) is 0 Å². The van der Waals surface area contributed by atoms with Gasteiger partial charge in [-0.3, -0.25) is 9.69 Å². The molecule has 0 aromatic carbocycles. The molecule has 4 rings (SSSR count). The maximum atomic E-state index is 13.2. The zero-order valence-electron chi connectivity index (χ0n) is 12.0. The lowest BCUT2D eigenvalue weighted by molar-refractivity contribution is -0.133. The molecule has 3 heterocycles. The van der Waals surface area contributed by atoms with Crippen molar-refractivity contribution in [3.8, 4) is 0 Å². The average molecular weight is 300 g/mol. The number of likely N-dealkylation sites (tertiary alicyclic amines) is 2. The Morgan fingerprint density at radius 3 is 2.62 bits per heavy atom. The molecule has 3 saturated heterocycles. The van der Waals surface area contributed by atoms with Crippen LogP contribution in [0.1, 0.15) is 12.8 Å². The summed E-state index contributed by atoms with van der Waals surface area (Å²) in [6, 6.07) is 0.427. The number of nitrogens with zero attached hydrogens (tertiary/aromatic N) is 2. The van der Waals surface area contributed by atoms with E-state index in [0.29, 0.717) is 23.9 Å². The summed E-state index contributed by atoms with van der Waals surface area (Å²) < 4.78 is 26.4. The highest BCUT2D eigenvalue weighted by molar-refractivity contribution is 5.82. The number of carbonyl (C=O) groups excluding carboxylic acids is 1. The lowest BCUT2D eigenvalue weighted by Crippen LogP contribution is -2.43. The summed E-state index contributed by atoms with van der Waals surface area (Å²) in [7, 11) is 0. The summed E-state index contributed by atoms with van der Waals surface area (Å²) in [5.74, 6) is -1.59. The Kier molecular flexibility index (Phi) is 3.03. The number of halogens is 2. The molecular weight excluding hydrogens is 278 g/mol. The molecule has 1 amide bonds. The van der Waals surface area contributed by atoms with E-state index in [-0.39, 0.29) is 24.9 Å². The number of hydrogen-bond acceptors (Lipinski definition) is 4. The summed E-state index contributed by atoms with van der Waals surface area (Å²) in [4.78, 5) is 16.0. The second-order valence-electron chi connectivity index (χ2n) is 7.08. The number of rotatable bonds is 2. The van der Waals surface area contributed by atoms with Crippen molar-refractivity contribution in [2.24, 2.45) is 17.6 Å². The lowest BCUT2D eigenvalue weighted by atomic mass is 10.1. The average Bonchev–Trinajstić information content (AvgIpc) is 2.96. The zero-order valence-corrected chi connectivity index (χ0v) is 12.0. The van der Waals surface area contributed by atoms with Crippen LogP contribution in [0.4, 0.5) is 8.78 Å². The van der Waals surface area contributed by atoms with Crippen LogP contribution < -0.4 is 11.1 Å². The second kappa shape index (κ2) is 4.60. The molecule has 0 aromatic rings. The van der Waals surface area contributed by atoms with Crippen LogP contribution >= 0.6 is 0 Å². The normalized spacial score (nSPS) is 45.1. The summed E-state index contributed by atoms with van der Waals surface area (Å²) in [5.41, 5.74) is 5.94. The lowest BCUT2D eigenvalue weighted by Gasteiger charge is -2.25. The van der Waals surface area contributed by atoms with Crippen LogP contribution in [-0.4, -0.2) is 72.5 Å². The summed E-state index contributed by atoms with van der Waals surface area (Å²) in [5, 5.41) is 3.22. The Morgan fingerprint density at radius 2 is 2.00 bits per heavy atom. The molecule has 3 N–H and O–H groups in total. The van der Waals surface area contributed by atoms with Crippen LogP contribution in [0.5, 0.6) is 0 Å². The molecule has 5 atom stereocenters. The predicted molar refractivity (Wildman–Crippen MR) is 72.9 cm³/mol. The molecule has 7 heteroatoms. The maximum absolute atomic E-state index is 13.2. The van der Waals surface area contributed by atoms with E-state index in [1.807, 2.05) is 0 Å². The molecule has 0 radical (unpaired) electrons. The highest BCUT2D eigenvalue weighted by Gasteiger charge is 2.55. The SMILES string of the molecule is N[C@H]1[C@H]2CN([C@@H]3CN[C@H](C(=O)N4CCC(F)(F)C4)C3)C[C@@H]12. The standard InChI is InChI=1S/C14H22F2N4O/c15-14(16)1-2-19(7-14)13(21)11-3-8(4-18-11)20-5-9-10(6-20)12(9)17/h8-12,18H,1-7,17H2/t8-,9-,10+,11-,12-/m0/s1. The first-order valence-corrected chi connectivity index (χ1v) is 7.84. The summed E-state index contributed by atoms with van der Waals surface area (Å²) >= 11 is 0. The van der Waals surface area contributed by atoms with Crippen molar-refractivity contribution >= 4 is 5.91 Å². The van der Waals surface area contributed by atoms with E-state index in [9.17, 15) is 13.6 Å². The monoisotopic (exact) mass is 300 g/mol. The van der Waals surface area contributed by atoms with Gasteiger partial charge in [0.05, 0.1) is 12.6 Å². The van der Waals surface area contributed by atoms with E-state index < -0.39 is 12.5 Å². The van der Waals surface area contributed by atoms with Crippen LogP contribution in [0, 0.1) is 11.8 Å². The fourth-order valence-corrected chi connectivity index (χ4v) is 4.23.